The van der Waals surface area contributed by atoms with Crippen LogP contribution >= 0.6 is 11.6 Å². The van der Waals surface area contributed by atoms with E-state index in [1.807, 2.05) is 0 Å². The number of rotatable bonds is 5. The van der Waals surface area contributed by atoms with Gasteiger partial charge >= 0.3 is 0 Å². The first-order valence-electron chi connectivity index (χ1n) is 5.71. The van der Waals surface area contributed by atoms with Crippen LogP contribution in [-0.2, 0) is 14.8 Å². The number of likely N-dealkylation sites (N-methyl/N-ethyl adjacent to an activating group) is 1. The monoisotopic (exact) mass is 365 g/mol. The van der Waals surface area contributed by atoms with Gasteiger partial charge < -0.3 is 0 Å². The van der Waals surface area contributed by atoms with E-state index in [4.69, 9.17) is 11.6 Å². The summed E-state index contributed by atoms with van der Waals surface area (Å²) in [7, 11) is -5.19. The molecule has 4 nitrogen and oxygen atoms in total. The van der Waals surface area contributed by atoms with Gasteiger partial charge in [0.05, 0.1) is 6.04 Å². The van der Waals surface area contributed by atoms with Crippen molar-refractivity contribution in [1.29, 1.82) is 0 Å². The van der Waals surface area contributed by atoms with Crippen LogP contribution in [0.1, 0.15) is 13.8 Å². The molecule has 0 fully saturated rings. The van der Waals surface area contributed by atoms with E-state index in [-0.39, 0.29) is 4.31 Å². The zero-order valence-corrected chi connectivity index (χ0v) is 12.7. The first-order valence-corrected chi connectivity index (χ1v) is 7.52. The van der Waals surface area contributed by atoms with Crippen LogP contribution in [-0.4, -0.2) is 30.6 Å². The summed E-state index contributed by atoms with van der Waals surface area (Å²) in [5.74, 6) is -12.3. The summed E-state index contributed by atoms with van der Waals surface area (Å²) in [6.07, 6.45) is 0. The van der Waals surface area contributed by atoms with Crippen molar-refractivity contribution in [2.24, 2.45) is 0 Å². The molecule has 124 valence electrons. The van der Waals surface area contributed by atoms with Gasteiger partial charge in [0.2, 0.25) is 21.1 Å². The highest BCUT2D eigenvalue weighted by atomic mass is 35.5. The Morgan fingerprint density at radius 2 is 1.41 bits per heavy atom. The van der Waals surface area contributed by atoms with Crippen LogP contribution in [0.15, 0.2) is 4.90 Å². The molecular weight excluding hydrogens is 357 g/mol. The third kappa shape index (κ3) is 2.95. The quantitative estimate of drug-likeness (QED) is 0.349. The highest BCUT2D eigenvalue weighted by Crippen LogP contribution is 2.29. The average Bonchev–Trinajstić information content (AvgIpc) is 2.43. The highest BCUT2D eigenvalue weighted by molar-refractivity contribution is 7.89. The Kier molecular flexibility index (Phi) is 5.52. The van der Waals surface area contributed by atoms with E-state index in [9.17, 15) is 35.2 Å². The normalized spacial score (nSPS) is 13.5. The molecule has 0 bridgehead atoms. The van der Waals surface area contributed by atoms with Crippen molar-refractivity contribution in [3.05, 3.63) is 29.1 Å². The zero-order valence-electron chi connectivity index (χ0n) is 11.1. The van der Waals surface area contributed by atoms with E-state index in [1.54, 1.807) is 0 Å². The molecule has 1 atom stereocenters. The largest absolute Gasteiger partial charge is 0.279 e. The van der Waals surface area contributed by atoms with Crippen molar-refractivity contribution in [3.8, 4) is 0 Å². The van der Waals surface area contributed by atoms with Gasteiger partial charge in [0.15, 0.2) is 28.2 Å². The van der Waals surface area contributed by atoms with Gasteiger partial charge in [-0.2, -0.15) is 4.31 Å². The number of sulfonamides is 1. The lowest BCUT2D eigenvalue weighted by Crippen LogP contribution is -2.42. The van der Waals surface area contributed by atoms with E-state index >= 15 is 0 Å². The van der Waals surface area contributed by atoms with Crippen LogP contribution in [0.5, 0.6) is 0 Å². The molecule has 0 unspecified atom stereocenters. The Bertz CT molecular complexity index is 696. The summed E-state index contributed by atoms with van der Waals surface area (Å²) in [6, 6.07) is -1.56. The van der Waals surface area contributed by atoms with Gasteiger partial charge in [0, 0.05) is 6.54 Å². The molecule has 11 heteroatoms. The van der Waals surface area contributed by atoms with Crippen LogP contribution in [0.3, 0.4) is 0 Å². The minimum Gasteiger partial charge on any atom is -0.279 e. The molecule has 0 radical (unpaired) electrons. The van der Waals surface area contributed by atoms with Gasteiger partial charge in [0.25, 0.3) is 0 Å². The van der Waals surface area contributed by atoms with Crippen LogP contribution in [0.4, 0.5) is 22.0 Å². The molecule has 0 aliphatic carbocycles. The molecule has 0 amide bonds. The lowest BCUT2D eigenvalue weighted by molar-refractivity contribution is -0.114. The van der Waals surface area contributed by atoms with Crippen molar-refractivity contribution in [2.75, 3.05) is 6.54 Å². The van der Waals surface area contributed by atoms with E-state index in [0.717, 1.165) is 6.92 Å². The summed E-state index contributed by atoms with van der Waals surface area (Å²) >= 11 is 5.12. The van der Waals surface area contributed by atoms with Gasteiger partial charge in [-0.1, -0.05) is 6.92 Å². The van der Waals surface area contributed by atoms with Crippen molar-refractivity contribution < 1.29 is 35.2 Å². The Hall–Kier alpha value is -1.26. The fourth-order valence-electron chi connectivity index (χ4n) is 1.69. The molecule has 0 heterocycles. The van der Waals surface area contributed by atoms with Gasteiger partial charge in [-0.15, -0.1) is 0 Å². The van der Waals surface area contributed by atoms with Crippen LogP contribution < -0.4 is 0 Å². The van der Waals surface area contributed by atoms with Gasteiger partial charge in [-0.05, 0) is 18.5 Å². The molecular formula is C11H9ClF5NO3S. The zero-order chi connectivity index (χ0) is 17.4. The van der Waals surface area contributed by atoms with E-state index in [1.165, 1.54) is 6.92 Å². The maximum Gasteiger partial charge on any atom is 0.249 e. The predicted molar refractivity (Wildman–Crippen MR) is 66.1 cm³/mol. The summed E-state index contributed by atoms with van der Waals surface area (Å²) < 4.78 is 90.9. The van der Waals surface area contributed by atoms with Crippen LogP contribution in [0, 0.1) is 29.1 Å². The van der Waals surface area contributed by atoms with Crippen LogP contribution in [0.2, 0.25) is 0 Å². The number of carbonyl (C=O) groups excluding carboxylic acids is 1. The maximum atomic E-state index is 13.6. The summed E-state index contributed by atoms with van der Waals surface area (Å²) in [5, 5.41) is -1.19. The molecule has 0 saturated heterocycles. The van der Waals surface area contributed by atoms with Gasteiger partial charge in [0.1, 0.15) is 0 Å². The number of hydrogen-bond acceptors (Lipinski definition) is 3. The average molecular weight is 366 g/mol. The fourth-order valence-corrected chi connectivity index (χ4v) is 3.59. The minimum absolute atomic E-state index is 0.223. The molecule has 1 aromatic rings. The standard InChI is InChI=1S/C11H9ClF5NO3S/c1-3-18(4(2)11(12)19)22(20,21)10-8(16)6(14)5(13)7(15)9(10)17/h4H,3H2,1-2H3/t4-/m1/s1. The van der Waals surface area contributed by atoms with Crippen molar-refractivity contribution in [2.45, 2.75) is 24.8 Å². The van der Waals surface area contributed by atoms with E-state index < -0.39 is 61.8 Å². The summed E-state index contributed by atoms with van der Waals surface area (Å²) in [4.78, 5) is 9.01. The third-order valence-corrected chi connectivity index (χ3v) is 5.19. The first kappa shape index (κ1) is 18.8. The van der Waals surface area contributed by atoms with Gasteiger partial charge in [-0.3, -0.25) is 4.79 Å². The lowest BCUT2D eigenvalue weighted by Gasteiger charge is -2.25. The van der Waals surface area contributed by atoms with Crippen molar-refractivity contribution in [1.82, 2.24) is 4.31 Å². The third-order valence-electron chi connectivity index (χ3n) is 2.81. The molecule has 0 aromatic heterocycles. The SMILES string of the molecule is CCN([C@H](C)C(=O)Cl)S(=O)(=O)c1c(F)c(F)c(F)c(F)c1F. The molecule has 0 spiro atoms. The highest BCUT2D eigenvalue weighted by Gasteiger charge is 2.39. The molecule has 0 aliphatic heterocycles. The molecule has 1 rings (SSSR count). The Morgan fingerprint density at radius 3 is 1.73 bits per heavy atom. The topological polar surface area (TPSA) is 54.5 Å². The summed E-state index contributed by atoms with van der Waals surface area (Å²) in [5.41, 5.74) is 0. The second kappa shape index (κ2) is 6.47. The van der Waals surface area contributed by atoms with Crippen molar-refractivity contribution in [3.63, 3.8) is 0 Å². The fraction of sp³-hybridized carbons (Fsp3) is 0.364. The maximum absolute atomic E-state index is 13.6. The number of nitrogens with zero attached hydrogens (tertiary/aromatic N) is 1. The van der Waals surface area contributed by atoms with Crippen LogP contribution in [0.25, 0.3) is 0 Å². The Balaban J connectivity index is 3.70. The molecule has 0 aliphatic rings. The van der Waals surface area contributed by atoms with Crippen molar-refractivity contribution >= 4 is 26.9 Å². The molecule has 1 aromatic carbocycles. The Labute approximate surface area is 127 Å². The number of hydrogen-bond donors (Lipinski definition) is 0. The first-order chi connectivity index (χ1) is 9.98. The van der Waals surface area contributed by atoms with E-state index in [2.05, 4.69) is 0 Å². The second-order valence-corrected chi connectivity index (χ2v) is 6.29. The number of halogens is 6. The van der Waals surface area contributed by atoms with E-state index in [0.29, 0.717) is 0 Å². The van der Waals surface area contributed by atoms with Gasteiger partial charge in [-0.25, -0.2) is 30.4 Å². The second-order valence-electron chi connectivity index (χ2n) is 4.09. The molecule has 0 saturated carbocycles. The predicted octanol–water partition coefficient (Wildman–Crippen LogP) is 2.55. The number of carbonyl (C=O) groups is 1. The minimum atomic E-state index is -5.19. The Morgan fingerprint density at radius 1 is 1.05 bits per heavy atom. The number of benzene rings is 1. The lowest BCUT2D eigenvalue weighted by atomic mass is 10.3. The smallest absolute Gasteiger partial charge is 0.249 e. The summed E-state index contributed by atoms with van der Waals surface area (Å²) in [6.45, 7) is 1.71. The molecule has 0 N–H and O–H groups in total. The molecule has 22 heavy (non-hydrogen) atoms.